The van der Waals surface area contributed by atoms with Gasteiger partial charge in [-0.1, -0.05) is 89.6 Å². The Labute approximate surface area is 456 Å². The molecule has 0 fully saturated rings. The first-order valence-electron chi connectivity index (χ1n) is 24.5. The zero-order valence-corrected chi connectivity index (χ0v) is 46.5. The van der Waals surface area contributed by atoms with Crippen molar-refractivity contribution < 1.29 is 45.3 Å². The summed E-state index contributed by atoms with van der Waals surface area (Å²) < 4.78 is 89.1. The Hall–Kier alpha value is -3.19. The van der Waals surface area contributed by atoms with Gasteiger partial charge in [0, 0.05) is 89.2 Å². The Morgan fingerprint density at radius 3 is 1.38 bits per heavy atom. The summed E-state index contributed by atoms with van der Waals surface area (Å²) in [5.74, 6) is -0.0890. The van der Waals surface area contributed by atoms with Crippen LogP contribution in [0.1, 0.15) is 59.1 Å². The van der Waals surface area contributed by atoms with Crippen LogP contribution in [0.4, 0.5) is 0 Å². The maximum Gasteiger partial charge on any atom is 0.240 e. The molecule has 2 unspecified atom stereocenters. The Kier molecular flexibility index (Phi) is 27.1. The van der Waals surface area contributed by atoms with Crippen LogP contribution in [0.2, 0.25) is 20.1 Å². The first-order valence-corrected chi connectivity index (χ1v) is 29.0. The zero-order valence-electron chi connectivity index (χ0n) is 41.9. The third-order valence-corrected chi connectivity index (χ3v) is 16.1. The molecule has 0 aromatic heterocycles. The van der Waals surface area contributed by atoms with Gasteiger partial charge in [0.25, 0.3) is 0 Å². The lowest BCUT2D eigenvalue weighted by Crippen LogP contribution is -2.34. The molecule has 408 valence electrons. The topological polar surface area (TPSA) is 229 Å². The minimum Gasteiger partial charge on any atom is -0.379 e. The number of ether oxygens (including phenoxy) is 6. The number of azide groups is 1. The largest absolute Gasteiger partial charge is 0.379 e. The van der Waals surface area contributed by atoms with E-state index >= 15 is 0 Å². The SMILES string of the molecule is CCN1Cc2c(Cl)cc(Cl)cc2C(c2cccc(S(=O)(=O)NCCOCCOCCOCCN)c2)C1.CCN1Cc2c(Cl)cc(Cl)cc2C(c2cccc(S(=O)(=O)NCCOCCOCCOCCN=[N+]=[N-])c2)C1. The number of sulfonamides is 2. The van der Waals surface area contributed by atoms with Crippen LogP contribution >= 0.6 is 46.4 Å². The first kappa shape index (κ1) is 61.7. The van der Waals surface area contributed by atoms with Gasteiger partial charge in [-0.05, 0) is 101 Å². The second-order valence-electron chi connectivity index (χ2n) is 17.0. The molecule has 2 atom stereocenters. The average molecular weight is 1150 g/mol. The van der Waals surface area contributed by atoms with E-state index in [9.17, 15) is 16.8 Å². The van der Waals surface area contributed by atoms with E-state index in [2.05, 4.69) is 43.1 Å². The van der Waals surface area contributed by atoms with Crippen LogP contribution in [-0.2, 0) is 61.6 Å². The van der Waals surface area contributed by atoms with E-state index in [0.29, 0.717) is 92.7 Å². The molecule has 2 aliphatic heterocycles. The standard InChI is InChI=1S/C25H33Cl2N5O5S.C25H35Cl2N3O5S/c1-2-32-17-23(22-15-20(26)16-25(27)24(22)18-32)19-4-3-5-21(14-19)38(33,34)30-7-9-36-11-13-37-12-10-35-8-6-29-31-28;1-2-30-17-23(22-15-20(26)16-25(27)24(22)18-30)19-4-3-5-21(14-19)36(31,32)29-7-9-34-11-13-35-12-10-33-8-6-28/h3-5,14-16,23,30H,2,6-13,17-18H2,1H3;3-5,14-16,23,29H,2,6-13,17-18,28H2,1H3. The average Bonchev–Trinajstić information content (AvgIpc) is 3.39. The van der Waals surface area contributed by atoms with Gasteiger partial charge < -0.3 is 34.2 Å². The first-order chi connectivity index (χ1) is 35.7. The van der Waals surface area contributed by atoms with Gasteiger partial charge >= 0.3 is 0 Å². The highest BCUT2D eigenvalue weighted by Gasteiger charge is 2.31. The number of halogens is 4. The van der Waals surface area contributed by atoms with Gasteiger partial charge in [0.05, 0.1) is 89.1 Å². The minimum absolute atomic E-state index is 0.0379. The summed E-state index contributed by atoms with van der Waals surface area (Å²) in [5, 5.41) is 5.77. The van der Waals surface area contributed by atoms with E-state index in [1.165, 1.54) is 0 Å². The normalized spacial score (nSPS) is 16.0. The number of likely N-dealkylation sites (N-methyl/N-ethyl adjacent to an activating group) is 2. The molecule has 6 rings (SSSR count). The highest BCUT2D eigenvalue weighted by atomic mass is 35.5. The van der Waals surface area contributed by atoms with Gasteiger partial charge in [-0.15, -0.1) is 0 Å². The van der Waals surface area contributed by atoms with E-state index in [0.717, 1.165) is 72.6 Å². The Balaban J connectivity index is 0.000000274. The molecule has 18 nitrogen and oxygen atoms in total. The summed E-state index contributed by atoms with van der Waals surface area (Å²) >= 11 is 25.7. The van der Waals surface area contributed by atoms with Gasteiger partial charge in [-0.3, -0.25) is 9.80 Å². The monoisotopic (exact) mass is 1140 g/mol. The Bertz CT molecular complexity index is 2660. The fraction of sp³-hybridized carbons (Fsp3) is 0.520. The third-order valence-electron chi connectivity index (χ3n) is 12.0. The molecule has 24 heteroatoms. The van der Waals surface area contributed by atoms with Crippen molar-refractivity contribution in [3.05, 3.63) is 137 Å². The summed E-state index contributed by atoms with van der Waals surface area (Å²) in [6.07, 6.45) is 0. The molecule has 0 radical (unpaired) electrons. The fourth-order valence-electron chi connectivity index (χ4n) is 8.32. The minimum atomic E-state index is -3.72. The number of nitrogens with two attached hydrogens (primary N) is 1. The predicted molar refractivity (Wildman–Crippen MR) is 290 cm³/mol. The number of rotatable bonds is 31. The van der Waals surface area contributed by atoms with Gasteiger partial charge in [0.1, 0.15) is 0 Å². The van der Waals surface area contributed by atoms with Crippen molar-refractivity contribution in [1.82, 2.24) is 19.2 Å². The second-order valence-corrected chi connectivity index (χ2v) is 22.3. The lowest BCUT2D eigenvalue weighted by molar-refractivity contribution is 0.0171. The fourth-order valence-corrected chi connectivity index (χ4v) is 11.6. The summed E-state index contributed by atoms with van der Waals surface area (Å²) in [6, 6.07) is 21.4. The van der Waals surface area contributed by atoms with Crippen molar-refractivity contribution in [3.8, 4) is 0 Å². The van der Waals surface area contributed by atoms with Crippen LogP contribution in [-0.4, -0.2) is 158 Å². The van der Waals surface area contributed by atoms with Gasteiger partial charge in [0.15, 0.2) is 0 Å². The maximum absolute atomic E-state index is 13.0. The van der Waals surface area contributed by atoms with Gasteiger partial charge in [-0.25, -0.2) is 26.3 Å². The van der Waals surface area contributed by atoms with Crippen molar-refractivity contribution in [2.45, 2.75) is 48.6 Å². The van der Waals surface area contributed by atoms with Crippen LogP contribution in [0.25, 0.3) is 10.4 Å². The van der Waals surface area contributed by atoms with E-state index in [-0.39, 0.29) is 54.5 Å². The Morgan fingerprint density at radius 1 is 0.595 bits per heavy atom. The van der Waals surface area contributed by atoms with E-state index in [1.807, 2.05) is 24.3 Å². The van der Waals surface area contributed by atoms with Gasteiger partial charge in [-0.2, -0.15) is 0 Å². The molecule has 2 heterocycles. The van der Waals surface area contributed by atoms with Crippen LogP contribution < -0.4 is 15.2 Å². The lowest BCUT2D eigenvalue weighted by Gasteiger charge is -2.35. The second kappa shape index (κ2) is 32.5. The maximum atomic E-state index is 13.0. The molecule has 0 amide bonds. The summed E-state index contributed by atoms with van der Waals surface area (Å²) in [4.78, 5) is 7.62. The van der Waals surface area contributed by atoms with E-state index in [1.54, 1.807) is 48.5 Å². The molecule has 0 aliphatic carbocycles. The van der Waals surface area contributed by atoms with E-state index in [4.69, 9.17) is 86.1 Å². The third kappa shape index (κ3) is 19.7. The molecule has 4 aromatic rings. The van der Waals surface area contributed by atoms with Crippen LogP contribution in [0.3, 0.4) is 0 Å². The summed E-state index contributed by atoms with van der Waals surface area (Å²) in [6.45, 7) is 14.5. The van der Waals surface area contributed by atoms with Gasteiger partial charge in [0.2, 0.25) is 20.0 Å². The number of benzene rings is 4. The van der Waals surface area contributed by atoms with Crippen molar-refractivity contribution >= 4 is 66.5 Å². The number of hydrogen-bond donors (Lipinski definition) is 3. The molecular formula is C50H68Cl4N8O10S2. The predicted octanol–water partition coefficient (Wildman–Crippen LogP) is 7.85. The number of nitrogens with one attached hydrogen (secondary N) is 2. The number of nitrogens with zero attached hydrogens (tertiary/aromatic N) is 5. The quantitative estimate of drug-likeness (QED) is 0.0189. The highest BCUT2D eigenvalue weighted by Crippen LogP contribution is 2.41. The lowest BCUT2D eigenvalue weighted by atomic mass is 9.84. The van der Waals surface area contributed by atoms with Crippen LogP contribution in [0, 0.1) is 0 Å². The molecule has 74 heavy (non-hydrogen) atoms. The molecule has 2 aliphatic rings. The summed E-state index contributed by atoms with van der Waals surface area (Å²) in [7, 11) is -7.42. The molecular weight excluding hydrogens is 1080 g/mol. The molecule has 0 saturated heterocycles. The smallest absolute Gasteiger partial charge is 0.240 e. The molecule has 0 saturated carbocycles. The molecule has 0 bridgehead atoms. The zero-order chi connectivity index (χ0) is 53.4. The van der Waals surface area contributed by atoms with Crippen LogP contribution in [0.15, 0.2) is 87.7 Å². The van der Waals surface area contributed by atoms with E-state index < -0.39 is 20.0 Å². The van der Waals surface area contributed by atoms with Crippen molar-refractivity contribution in [2.24, 2.45) is 10.8 Å². The number of fused-ring (bicyclic) bond motifs is 2. The van der Waals surface area contributed by atoms with Crippen molar-refractivity contribution in [1.29, 1.82) is 0 Å². The van der Waals surface area contributed by atoms with Crippen molar-refractivity contribution in [2.75, 3.05) is 132 Å². The summed E-state index contributed by atoms with van der Waals surface area (Å²) in [5.41, 5.74) is 19.4. The molecule has 4 aromatic carbocycles. The Morgan fingerprint density at radius 2 is 0.986 bits per heavy atom. The molecule has 0 spiro atoms. The van der Waals surface area contributed by atoms with Crippen LogP contribution in [0.5, 0.6) is 0 Å². The van der Waals surface area contributed by atoms with Crippen molar-refractivity contribution in [3.63, 3.8) is 0 Å². The highest BCUT2D eigenvalue weighted by molar-refractivity contribution is 7.89. The molecule has 4 N–H and O–H groups in total. The number of hydrogen-bond acceptors (Lipinski definition) is 14.